The number of aromatic amines is 1. The van der Waals surface area contributed by atoms with Crippen molar-refractivity contribution in [3.63, 3.8) is 0 Å². The molecule has 0 aliphatic rings. The maximum Gasteiger partial charge on any atom is 0.329 e. The summed E-state index contributed by atoms with van der Waals surface area (Å²) in [5.41, 5.74) is 2.32. The van der Waals surface area contributed by atoms with Crippen LogP contribution in [-0.2, 0) is 14.3 Å². The minimum atomic E-state index is -1.11. The van der Waals surface area contributed by atoms with E-state index in [9.17, 15) is 9.59 Å². The number of amides is 1. The van der Waals surface area contributed by atoms with Gasteiger partial charge in [-0.05, 0) is 18.2 Å². The Bertz CT molecular complexity index is 595. The summed E-state index contributed by atoms with van der Waals surface area (Å²) in [6.45, 7) is -0.803. The summed E-state index contributed by atoms with van der Waals surface area (Å²) in [6.07, 6.45) is 1.64. The maximum absolute atomic E-state index is 11.5. The van der Waals surface area contributed by atoms with Crippen LogP contribution in [0.1, 0.15) is 0 Å². The number of nitrogens with zero attached hydrogens (tertiary/aromatic N) is 1. The zero-order valence-electron chi connectivity index (χ0n) is 10.5. The Morgan fingerprint density at radius 2 is 2.15 bits per heavy atom. The number of benzene rings is 1. The van der Waals surface area contributed by atoms with Crippen LogP contribution in [0.5, 0.6) is 0 Å². The molecule has 1 aromatic carbocycles. The molecule has 0 aliphatic heterocycles. The Kier molecular flexibility index (Phi) is 4.46. The Balaban J connectivity index is 1.94. The van der Waals surface area contributed by atoms with Crippen LogP contribution in [0.3, 0.4) is 0 Å². The highest BCUT2D eigenvalue weighted by Gasteiger charge is 2.06. The van der Waals surface area contributed by atoms with Gasteiger partial charge in [-0.15, -0.1) is 0 Å². The zero-order valence-corrected chi connectivity index (χ0v) is 10.5. The number of rotatable bonds is 6. The molecule has 0 fully saturated rings. The number of hydrogen-bond acceptors (Lipinski definition) is 4. The number of hydrogen-bond donors (Lipinski definition) is 3. The van der Waals surface area contributed by atoms with Gasteiger partial charge in [0.15, 0.2) is 0 Å². The molecule has 2 aromatic rings. The largest absolute Gasteiger partial charge is 0.480 e. The fourth-order valence-corrected chi connectivity index (χ4v) is 1.61. The second-order valence-corrected chi connectivity index (χ2v) is 3.99. The van der Waals surface area contributed by atoms with Crippen molar-refractivity contribution in [1.82, 2.24) is 10.2 Å². The molecule has 2 rings (SSSR count). The van der Waals surface area contributed by atoms with E-state index in [1.165, 1.54) is 0 Å². The van der Waals surface area contributed by atoms with Crippen molar-refractivity contribution in [1.29, 1.82) is 0 Å². The molecule has 7 heteroatoms. The molecule has 0 saturated heterocycles. The molecule has 0 spiro atoms. The molecular formula is C13H13N3O4. The van der Waals surface area contributed by atoms with Crippen LogP contribution in [0.25, 0.3) is 11.3 Å². The summed E-state index contributed by atoms with van der Waals surface area (Å²) < 4.78 is 4.70. The Morgan fingerprint density at radius 3 is 2.85 bits per heavy atom. The number of carboxylic acids is 1. The highest BCUT2D eigenvalue weighted by molar-refractivity contribution is 5.92. The highest BCUT2D eigenvalue weighted by atomic mass is 16.5. The van der Waals surface area contributed by atoms with Crippen LogP contribution in [0.2, 0.25) is 0 Å². The first-order valence-corrected chi connectivity index (χ1v) is 5.84. The number of carbonyl (C=O) groups excluding carboxylic acids is 1. The predicted octanol–water partition coefficient (Wildman–Crippen LogP) is 1.12. The van der Waals surface area contributed by atoms with E-state index in [4.69, 9.17) is 9.84 Å². The lowest BCUT2D eigenvalue weighted by molar-refractivity contribution is -0.143. The number of carboxylic acid groups (broad SMARTS) is 1. The summed E-state index contributed by atoms with van der Waals surface area (Å²) in [5.74, 6) is -1.52. The van der Waals surface area contributed by atoms with Crippen LogP contribution in [0.4, 0.5) is 5.69 Å². The normalized spacial score (nSPS) is 10.2. The van der Waals surface area contributed by atoms with Gasteiger partial charge >= 0.3 is 5.97 Å². The molecule has 104 valence electrons. The molecule has 3 N–H and O–H groups in total. The predicted molar refractivity (Wildman–Crippen MR) is 71.1 cm³/mol. The van der Waals surface area contributed by atoms with Crippen LogP contribution in [-0.4, -0.2) is 40.4 Å². The molecule has 0 unspecified atom stereocenters. The minimum absolute atomic E-state index is 0.305. The minimum Gasteiger partial charge on any atom is -0.480 e. The van der Waals surface area contributed by atoms with E-state index >= 15 is 0 Å². The third-order valence-corrected chi connectivity index (χ3v) is 2.42. The molecule has 1 aromatic heterocycles. The van der Waals surface area contributed by atoms with Gasteiger partial charge in [-0.2, -0.15) is 5.10 Å². The van der Waals surface area contributed by atoms with Gasteiger partial charge in [0, 0.05) is 17.4 Å². The lowest BCUT2D eigenvalue weighted by Crippen LogP contribution is -2.20. The standard InChI is InChI=1S/C13H13N3O4/c17-12(7-20-8-13(18)19)15-10-3-1-2-9(6-10)11-4-5-14-16-11/h1-6H,7-8H2,(H,14,16)(H,15,17)(H,18,19). The van der Waals surface area contributed by atoms with E-state index in [0.29, 0.717) is 5.69 Å². The molecule has 0 bridgehead atoms. The number of aliphatic carboxylic acids is 1. The third-order valence-electron chi connectivity index (χ3n) is 2.42. The van der Waals surface area contributed by atoms with Gasteiger partial charge in [-0.3, -0.25) is 9.89 Å². The molecule has 1 amide bonds. The smallest absolute Gasteiger partial charge is 0.329 e. The molecule has 7 nitrogen and oxygen atoms in total. The average molecular weight is 275 g/mol. The van der Waals surface area contributed by atoms with E-state index in [2.05, 4.69) is 15.5 Å². The van der Waals surface area contributed by atoms with Crippen LogP contribution in [0, 0.1) is 0 Å². The second kappa shape index (κ2) is 6.48. The number of nitrogens with one attached hydrogen (secondary N) is 2. The summed E-state index contributed by atoms with van der Waals surface area (Å²) in [4.78, 5) is 21.8. The van der Waals surface area contributed by atoms with Crippen LogP contribution >= 0.6 is 0 Å². The fraction of sp³-hybridized carbons (Fsp3) is 0.154. The number of H-pyrrole nitrogens is 1. The van der Waals surface area contributed by atoms with Gasteiger partial charge in [0.2, 0.25) is 5.91 Å². The second-order valence-electron chi connectivity index (χ2n) is 3.99. The van der Waals surface area contributed by atoms with Crippen LogP contribution in [0.15, 0.2) is 36.5 Å². The van der Waals surface area contributed by atoms with E-state index in [1.54, 1.807) is 24.4 Å². The van der Waals surface area contributed by atoms with Gasteiger partial charge in [0.25, 0.3) is 0 Å². The first-order chi connectivity index (χ1) is 9.65. The highest BCUT2D eigenvalue weighted by Crippen LogP contribution is 2.20. The lowest BCUT2D eigenvalue weighted by atomic mass is 10.1. The number of ether oxygens (including phenoxy) is 1. The Hall–Kier alpha value is -2.67. The van der Waals surface area contributed by atoms with Gasteiger partial charge in [0.05, 0.1) is 5.69 Å². The lowest BCUT2D eigenvalue weighted by Gasteiger charge is -2.06. The average Bonchev–Trinajstić information content (AvgIpc) is 2.92. The quantitative estimate of drug-likeness (QED) is 0.732. The summed E-state index contributed by atoms with van der Waals surface area (Å²) in [6, 6.07) is 9.00. The van der Waals surface area contributed by atoms with Crippen LogP contribution < -0.4 is 5.32 Å². The molecule has 20 heavy (non-hydrogen) atoms. The van der Waals surface area contributed by atoms with Crippen molar-refractivity contribution in [2.24, 2.45) is 0 Å². The Labute approximate surface area is 114 Å². The number of aromatic nitrogens is 2. The molecule has 0 saturated carbocycles. The molecule has 0 atom stereocenters. The first kappa shape index (κ1) is 13.8. The fourth-order valence-electron chi connectivity index (χ4n) is 1.61. The van der Waals surface area contributed by atoms with E-state index < -0.39 is 18.5 Å². The van der Waals surface area contributed by atoms with E-state index in [-0.39, 0.29) is 6.61 Å². The van der Waals surface area contributed by atoms with Crippen molar-refractivity contribution in [3.8, 4) is 11.3 Å². The summed E-state index contributed by atoms with van der Waals surface area (Å²) in [7, 11) is 0. The molecular weight excluding hydrogens is 262 g/mol. The van der Waals surface area contributed by atoms with Gasteiger partial charge in [-0.25, -0.2) is 4.79 Å². The van der Waals surface area contributed by atoms with Gasteiger partial charge in [-0.1, -0.05) is 12.1 Å². The molecule has 1 heterocycles. The maximum atomic E-state index is 11.5. The van der Waals surface area contributed by atoms with Crippen molar-refractivity contribution >= 4 is 17.6 Å². The monoisotopic (exact) mass is 275 g/mol. The third kappa shape index (κ3) is 3.92. The van der Waals surface area contributed by atoms with Crippen molar-refractivity contribution in [2.45, 2.75) is 0 Å². The topological polar surface area (TPSA) is 104 Å². The van der Waals surface area contributed by atoms with Crippen molar-refractivity contribution < 1.29 is 19.4 Å². The molecule has 0 aliphatic carbocycles. The summed E-state index contributed by atoms with van der Waals surface area (Å²) in [5, 5.41) is 17.7. The van der Waals surface area contributed by atoms with Crippen molar-refractivity contribution in [2.75, 3.05) is 18.5 Å². The SMILES string of the molecule is O=C(O)COCC(=O)Nc1cccc(-c2ccn[nH]2)c1. The zero-order chi connectivity index (χ0) is 14.4. The van der Waals surface area contributed by atoms with Gasteiger partial charge < -0.3 is 15.2 Å². The van der Waals surface area contributed by atoms with Gasteiger partial charge in [0.1, 0.15) is 13.2 Å². The number of carbonyl (C=O) groups is 2. The van der Waals surface area contributed by atoms with E-state index in [0.717, 1.165) is 11.3 Å². The number of anilines is 1. The Morgan fingerprint density at radius 1 is 1.30 bits per heavy atom. The van der Waals surface area contributed by atoms with Crippen molar-refractivity contribution in [3.05, 3.63) is 36.5 Å². The molecule has 0 radical (unpaired) electrons. The first-order valence-electron chi connectivity index (χ1n) is 5.84. The van der Waals surface area contributed by atoms with E-state index in [1.807, 2.05) is 12.1 Å². The summed E-state index contributed by atoms with van der Waals surface area (Å²) >= 11 is 0.